The van der Waals surface area contributed by atoms with Crippen LogP contribution in [0.15, 0.2) is 89.8 Å². The number of piperazine rings is 1. The van der Waals surface area contributed by atoms with E-state index in [0.717, 1.165) is 22.6 Å². The van der Waals surface area contributed by atoms with E-state index in [1.54, 1.807) is 24.3 Å². The summed E-state index contributed by atoms with van der Waals surface area (Å²) in [6.45, 7) is 6.00. The highest BCUT2D eigenvalue weighted by molar-refractivity contribution is 7.89. The molecule has 1 aromatic heterocycles. The summed E-state index contributed by atoms with van der Waals surface area (Å²) in [4.78, 5) is 2.33. The van der Waals surface area contributed by atoms with Gasteiger partial charge >= 0.3 is 0 Å². The van der Waals surface area contributed by atoms with Crippen molar-refractivity contribution in [3.8, 4) is 22.8 Å². The smallest absolute Gasteiger partial charge is 0.243 e. The number of sulfonamides is 1. The van der Waals surface area contributed by atoms with Gasteiger partial charge in [-0.3, -0.25) is 0 Å². The third kappa shape index (κ3) is 5.10. The van der Waals surface area contributed by atoms with E-state index in [1.807, 2.05) is 42.5 Å². The zero-order valence-electron chi connectivity index (χ0n) is 20.3. The lowest BCUT2D eigenvalue weighted by Crippen LogP contribution is -2.48. The zero-order chi connectivity index (χ0) is 25.1. The van der Waals surface area contributed by atoms with Gasteiger partial charge < -0.3 is 9.64 Å². The first-order chi connectivity index (χ1) is 17.4. The molecule has 8 heteroatoms. The van der Waals surface area contributed by atoms with Crippen molar-refractivity contribution in [1.29, 1.82) is 0 Å². The molecule has 0 amide bonds. The quantitative estimate of drug-likeness (QED) is 0.368. The van der Waals surface area contributed by atoms with Crippen LogP contribution in [0.4, 0.5) is 5.82 Å². The highest BCUT2D eigenvalue weighted by atomic mass is 32.2. The monoisotopic (exact) mass is 500 g/mol. The van der Waals surface area contributed by atoms with Crippen LogP contribution in [0.25, 0.3) is 11.3 Å². The topological polar surface area (TPSA) is 75.6 Å². The Kier molecular flexibility index (Phi) is 6.71. The molecule has 3 aromatic carbocycles. The fourth-order valence-electron chi connectivity index (χ4n) is 4.35. The van der Waals surface area contributed by atoms with Crippen molar-refractivity contribution >= 4 is 15.8 Å². The largest absolute Gasteiger partial charge is 0.457 e. The number of hydrogen-bond donors (Lipinski definition) is 0. The highest BCUT2D eigenvalue weighted by Gasteiger charge is 2.29. The van der Waals surface area contributed by atoms with Gasteiger partial charge in [0.15, 0.2) is 5.82 Å². The van der Waals surface area contributed by atoms with Crippen LogP contribution in [-0.2, 0) is 10.0 Å². The molecule has 0 unspecified atom stereocenters. The van der Waals surface area contributed by atoms with E-state index >= 15 is 0 Å². The van der Waals surface area contributed by atoms with Gasteiger partial charge in [0.1, 0.15) is 11.5 Å². The Morgan fingerprint density at radius 3 is 2.08 bits per heavy atom. The van der Waals surface area contributed by atoms with E-state index in [1.165, 1.54) is 9.87 Å². The second-order valence-electron chi connectivity index (χ2n) is 8.87. The molecule has 5 rings (SSSR count). The molecule has 1 fully saturated rings. The number of hydrogen-bond acceptors (Lipinski definition) is 6. The normalized spacial score (nSPS) is 14.6. The Labute approximate surface area is 212 Å². The number of aromatic nitrogens is 2. The van der Waals surface area contributed by atoms with Gasteiger partial charge in [0.2, 0.25) is 10.0 Å². The van der Waals surface area contributed by atoms with Gasteiger partial charge in [0.25, 0.3) is 0 Å². The summed E-state index contributed by atoms with van der Waals surface area (Å²) >= 11 is 0. The molecule has 0 N–H and O–H groups in total. The van der Waals surface area contributed by atoms with Gasteiger partial charge in [-0.2, -0.15) is 4.31 Å². The second kappa shape index (κ2) is 10.1. The van der Waals surface area contributed by atoms with Gasteiger partial charge in [-0.15, -0.1) is 10.2 Å². The maximum Gasteiger partial charge on any atom is 0.243 e. The molecule has 0 radical (unpaired) electrons. The lowest BCUT2D eigenvalue weighted by Gasteiger charge is -2.34. The molecule has 0 bridgehead atoms. The maximum atomic E-state index is 13.2. The molecule has 0 aliphatic carbocycles. The van der Waals surface area contributed by atoms with Crippen LogP contribution in [0.3, 0.4) is 0 Å². The van der Waals surface area contributed by atoms with Crippen LogP contribution in [0.1, 0.15) is 11.1 Å². The van der Waals surface area contributed by atoms with Crippen molar-refractivity contribution in [3.05, 3.63) is 96.1 Å². The summed E-state index contributed by atoms with van der Waals surface area (Å²) in [6, 6.07) is 26.2. The van der Waals surface area contributed by atoms with E-state index < -0.39 is 10.0 Å². The average molecular weight is 501 g/mol. The summed E-state index contributed by atoms with van der Waals surface area (Å²) in [5.41, 5.74) is 4.27. The molecule has 2 heterocycles. The van der Waals surface area contributed by atoms with Gasteiger partial charge in [-0.25, -0.2) is 8.42 Å². The number of nitrogens with zero attached hydrogens (tertiary/aromatic N) is 4. The molecule has 0 spiro atoms. The Bertz CT molecular complexity index is 1430. The number of anilines is 1. The van der Waals surface area contributed by atoms with Gasteiger partial charge in [0, 0.05) is 31.7 Å². The minimum Gasteiger partial charge on any atom is -0.457 e. The molecular weight excluding hydrogens is 472 g/mol. The maximum absolute atomic E-state index is 13.2. The molecule has 1 saturated heterocycles. The third-order valence-electron chi connectivity index (χ3n) is 6.31. The highest BCUT2D eigenvalue weighted by Crippen LogP contribution is 2.26. The molecule has 4 aromatic rings. The molecule has 0 atom stereocenters. The Morgan fingerprint density at radius 2 is 1.44 bits per heavy atom. The predicted octanol–water partition coefficient (Wildman–Crippen LogP) is 5.06. The molecule has 36 heavy (non-hydrogen) atoms. The van der Waals surface area contributed by atoms with Crippen LogP contribution < -0.4 is 9.64 Å². The Balaban J connectivity index is 1.22. The zero-order valence-corrected chi connectivity index (χ0v) is 21.1. The van der Waals surface area contributed by atoms with E-state index in [9.17, 15) is 8.42 Å². The van der Waals surface area contributed by atoms with Gasteiger partial charge in [-0.1, -0.05) is 42.0 Å². The van der Waals surface area contributed by atoms with Crippen LogP contribution in [0.2, 0.25) is 0 Å². The summed E-state index contributed by atoms with van der Waals surface area (Å²) in [6.07, 6.45) is 0. The third-order valence-corrected chi connectivity index (χ3v) is 8.22. The first kappa shape index (κ1) is 24.0. The van der Waals surface area contributed by atoms with Crippen molar-refractivity contribution < 1.29 is 13.2 Å². The molecule has 1 aliphatic heterocycles. The average Bonchev–Trinajstić information content (AvgIpc) is 2.90. The van der Waals surface area contributed by atoms with Crippen molar-refractivity contribution in [3.63, 3.8) is 0 Å². The van der Waals surface area contributed by atoms with Gasteiger partial charge in [0.05, 0.1) is 10.6 Å². The number of para-hydroxylation sites is 1. The molecule has 0 saturated carbocycles. The number of ether oxygens (including phenoxy) is 1. The molecule has 1 aliphatic rings. The van der Waals surface area contributed by atoms with E-state index in [4.69, 9.17) is 4.74 Å². The first-order valence-corrected chi connectivity index (χ1v) is 13.3. The van der Waals surface area contributed by atoms with E-state index in [2.05, 4.69) is 47.1 Å². The van der Waals surface area contributed by atoms with Crippen molar-refractivity contribution in [2.24, 2.45) is 0 Å². The van der Waals surface area contributed by atoms with Crippen LogP contribution in [0.5, 0.6) is 11.5 Å². The summed E-state index contributed by atoms with van der Waals surface area (Å²) in [5.74, 6) is 2.05. The number of rotatable bonds is 6. The summed E-state index contributed by atoms with van der Waals surface area (Å²) < 4.78 is 33.7. The van der Waals surface area contributed by atoms with Crippen LogP contribution in [-0.4, -0.2) is 49.1 Å². The standard InChI is InChI=1S/C28H28N4O3S/c1-21-8-13-26(22(2)20-21)27-14-15-28(30-29-27)31-16-18-32(19-17-31)36(33,34)25-11-9-24(10-12-25)35-23-6-4-3-5-7-23/h3-15,20H,16-19H2,1-2H3. The van der Waals surface area contributed by atoms with Crippen LogP contribution in [0, 0.1) is 13.8 Å². The minimum atomic E-state index is -3.59. The lowest BCUT2D eigenvalue weighted by molar-refractivity contribution is 0.383. The van der Waals surface area contributed by atoms with Crippen molar-refractivity contribution in [2.75, 3.05) is 31.1 Å². The van der Waals surface area contributed by atoms with Gasteiger partial charge in [-0.05, 0) is 67.9 Å². The van der Waals surface area contributed by atoms with Crippen LogP contribution >= 0.6 is 0 Å². The lowest BCUT2D eigenvalue weighted by atomic mass is 10.0. The Morgan fingerprint density at radius 1 is 0.750 bits per heavy atom. The summed E-state index contributed by atoms with van der Waals surface area (Å²) in [7, 11) is -3.59. The van der Waals surface area contributed by atoms with E-state index in [-0.39, 0.29) is 4.90 Å². The Hall–Kier alpha value is -3.75. The molecular formula is C28H28N4O3S. The molecule has 184 valence electrons. The second-order valence-corrected chi connectivity index (χ2v) is 10.8. The SMILES string of the molecule is Cc1ccc(-c2ccc(N3CCN(S(=O)(=O)c4ccc(Oc5ccccc5)cc4)CC3)nn2)c(C)c1. The number of benzene rings is 3. The predicted molar refractivity (Wildman–Crippen MR) is 141 cm³/mol. The molecule has 7 nitrogen and oxygen atoms in total. The fraction of sp³-hybridized carbons (Fsp3) is 0.214. The summed E-state index contributed by atoms with van der Waals surface area (Å²) in [5, 5.41) is 8.86. The van der Waals surface area contributed by atoms with Crippen molar-refractivity contribution in [2.45, 2.75) is 18.7 Å². The first-order valence-electron chi connectivity index (χ1n) is 11.9. The number of aryl methyl sites for hydroxylation is 2. The van der Waals surface area contributed by atoms with E-state index in [0.29, 0.717) is 37.7 Å². The fourth-order valence-corrected chi connectivity index (χ4v) is 5.77. The minimum absolute atomic E-state index is 0.258. The van der Waals surface area contributed by atoms with Crippen molar-refractivity contribution in [1.82, 2.24) is 14.5 Å².